The number of fused-ring (bicyclic) bond motifs is 8. The van der Waals surface area contributed by atoms with E-state index in [0.29, 0.717) is 0 Å². The lowest BCUT2D eigenvalue weighted by Gasteiger charge is -2.24. The van der Waals surface area contributed by atoms with E-state index in [9.17, 15) is 0 Å². The molecule has 1 aliphatic rings. The van der Waals surface area contributed by atoms with Gasteiger partial charge in [0.25, 0.3) is 0 Å². The molecule has 0 N–H and O–H groups in total. The highest BCUT2D eigenvalue weighted by Gasteiger charge is 2.38. The summed E-state index contributed by atoms with van der Waals surface area (Å²) in [6.07, 6.45) is 0. The SMILES string of the molecule is CC1(C)c2ccccc2-c2ccc3nc(-c4cccc(-c5ccc6c(c5)c5ccccc5n6-c5ccccc5)c4)nc(-c4ccccc4)c3c21. The molecule has 0 atom stereocenters. The number of aromatic nitrogens is 3. The predicted octanol–water partition coefficient (Wildman–Crippen LogP) is 12.0. The Morgan fingerprint density at radius 2 is 1.16 bits per heavy atom. The fourth-order valence-corrected chi connectivity index (χ4v) is 8.28. The maximum atomic E-state index is 5.40. The molecule has 2 heterocycles. The minimum absolute atomic E-state index is 0.179. The zero-order valence-electron chi connectivity index (χ0n) is 27.9. The summed E-state index contributed by atoms with van der Waals surface area (Å²) < 4.78 is 2.36. The van der Waals surface area contributed by atoms with Crippen molar-refractivity contribution in [3.05, 3.63) is 175 Å². The van der Waals surface area contributed by atoms with Crippen molar-refractivity contribution in [2.45, 2.75) is 19.3 Å². The predicted molar refractivity (Wildman–Crippen MR) is 208 cm³/mol. The van der Waals surface area contributed by atoms with Crippen molar-refractivity contribution in [3.8, 4) is 50.6 Å². The highest BCUT2D eigenvalue weighted by Crippen LogP contribution is 2.52. The van der Waals surface area contributed by atoms with Gasteiger partial charge in [-0.25, -0.2) is 9.97 Å². The molecular weight excluding hydrogens is 607 g/mol. The molecule has 3 heteroatoms. The van der Waals surface area contributed by atoms with E-state index in [-0.39, 0.29) is 5.41 Å². The van der Waals surface area contributed by atoms with Crippen molar-refractivity contribution < 1.29 is 0 Å². The van der Waals surface area contributed by atoms with Gasteiger partial charge in [0, 0.05) is 38.4 Å². The van der Waals surface area contributed by atoms with Gasteiger partial charge in [0.1, 0.15) is 0 Å². The molecule has 3 nitrogen and oxygen atoms in total. The first-order valence-electron chi connectivity index (χ1n) is 17.3. The van der Waals surface area contributed by atoms with Crippen molar-refractivity contribution in [1.29, 1.82) is 0 Å². The first-order chi connectivity index (χ1) is 24.6. The number of hydrogen-bond donors (Lipinski definition) is 0. The summed E-state index contributed by atoms with van der Waals surface area (Å²) in [5.41, 5.74) is 14.9. The van der Waals surface area contributed by atoms with Crippen LogP contribution in [0.1, 0.15) is 25.0 Å². The molecule has 236 valence electrons. The van der Waals surface area contributed by atoms with E-state index in [1.807, 2.05) is 0 Å². The van der Waals surface area contributed by atoms with Crippen LogP contribution in [0.15, 0.2) is 164 Å². The molecule has 0 bridgehead atoms. The molecule has 2 aromatic heterocycles. The standard InChI is InChI=1S/C47H33N3/c1-47(2)39-22-11-9-20-35(39)37-25-26-40-43(44(37)47)45(30-14-5-3-6-15-30)49-46(48-40)33-17-13-16-31(28-33)32-24-27-42-38(29-32)36-21-10-12-23-41(36)50(42)34-18-7-4-8-19-34/h3-29H,1-2H3. The highest BCUT2D eigenvalue weighted by molar-refractivity contribution is 6.10. The molecule has 50 heavy (non-hydrogen) atoms. The number of rotatable bonds is 4. The number of benzene rings is 7. The topological polar surface area (TPSA) is 30.7 Å². The van der Waals surface area contributed by atoms with Gasteiger partial charge in [-0.2, -0.15) is 0 Å². The van der Waals surface area contributed by atoms with Crippen molar-refractivity contribution in [1.82, 2.24) is 14.5 Å². The van der Waals surface area contributed by atoms with Gasteiger partial charge in [-0.1, -0.05) is 135 Å². The van der Waals surface area contributed by atoms with E-state index in [0.717, 1.165) is 50.4 Å². The molecule has 1 aliphatic carbocycles. The van der Waals surface area contributed by atoms with Crippen molar-refractivity contribution in [2.75, 3.05) is 0 Å². The zero-order chi connectivity index (χ0) is 33.4. The van der Waals surface area contributed by atoms with Crippen molar-refractivity contribution in [2.24, 2.45) is 0 Å². The van der Waals surface area contributed by atoms with Gasteiger partial charge in [0.2, 0.25) is 0 Å². The van der Waals surface area contributed by atoms with Crippen LogP contribution >= 0.6 is 0 Å². The summed E-state index contributed by atoms with van der Waals surface area (Å²) in [4.78, 5) is 10.7. The maximum Gasteiger partial charge on any atom is 0.160 e. The quantitative estimate of drug-likeness (QED) is 0.192. The van der Waals surface area contributed by atoms with Crippen molar-refractivity contribution in [3.63, 3.8) is 0 Å². The van der Waals surface area contributed by atoms with Crippen LogP contribution in [0, 0.1) is 0 Å². The Bertz CT molecular complexity index is 2770. The lowest BCUT2D eigenvalue weighted by Crippen LogP contribution is -2.16. The Morgan fingerprint density at radius 3 is 2.02 bits per heavy atom. The Hall–Kier alpha value is -6.32. The van der Waals surface area contributed by atoms with E-state index in [4.69, 9.17) is 9.97 Å². The molecule has 0 spiro atoms. The third kappa shape index (κ3) is 4.23. The minimum Gasteiger partial charge on any atom is -0.309 e. The molecule has 0 saturated carbocycles. The molecule has 9 aromatic rings. The molecule has 7 aromatic carbocycles. The van der Waals surface area contributed by atoms with Crippen LogP contribution in [-0.4, -0.2) is 14.5 Å². The summed E-state index contributed by atoms with van der Waals surface area (Å²) >= 11 is 0. The smallest absolute Gasteiger partial charge is 0.160 e. The molecule has 0 unspecified atom stereocenters. The normalized spacial score (nSPS) is 13.2. The maximum absolute atomic E-state index is 5.40. The number of para-hydroxylation sites is 2. The second-order valence-electron chi connectivity index (χ2n) is 13.8. The Morgan fingerprint density at radius 1 is 0.480 bits per heavy atom. The van der Waals surface area contributed by atoms with E-state index < -0.39 is 0 Å². The average Bonchev–Trinajstić information content (AvgIpc) is 3.63. The van der Waals surface area contributed by atoms with Gasteiger partial charge in [-0.05, 0) is 75.8 Å². The summed E-state index contributed by atoms with van der Waals surface area (Å²) in [6, 6.07) is 58.6. The van der Waals surface area contributed by atoms with Crippen LogP contribution in [0.4, 0.5) is 0 Å². The highest BCUT2D eigenvalue weighted by atomic mass is 15.0. The first-order valence-corrected chi connectivity index (χ1v) is 17.3. The van der Waals surface area contributed by atoms with Crippen LogP contribution in [-0.2, 0) is 5.41 Å². The van der Waals surface area contributed by atoms with Crippen LogP contribution < -0.4 is 0 Å². The van der Waals surface area contributed by atoms with Gasteiger partial charge in [0.05, 0.1) is 22.2 Å². The molecule has 0 amide bonds. The van der Waals surface area contributed by atoms with Crippen molar-refractivity contribution >= 4 is 32.7 Å². The molecule has 0 fully saturated rings. The summed E-state index contributed by atoms with van der Waals surface area (Å²) in [7, 11) is 0. The molecule has 0 saturated heterocycles. The second kappa shape index (κ2) is 10.8. The van der Waals surface area contributed by atoms with E-state index in [1.165, 1.54) is 44.1 Å². The van der Waals surface area contributed by atoms with E-state index >= 15 is 0 Å². The number of nitrogens with zero attached hydrogens (tertiary/aromatic N) is 3. The Balaban J connectivity index is 1.15. The lowest BCUT2D eigenvalue weighted by molar-refractivity contribution is 0.666. The van der Waals surface area contributed by atoms with Gasteiger partial charge < -0.3 is 4.57 Å². The van der Waals surface area contributed by atoms with Crippen LogP contribution in [0.25, 0.3) is 83.3 Å². The largest absolute Gasteiger partial charge is 0.309 e. The fraction of sp³-hybridized carbons (Fsp3) is 0.0638. The zero-order valence-corrected chi connectivity index (χ0v) is 27.9. The third-order valence-corrected chi connectivity index (χ3v) is 10.6. The number of hydrogen-bond acceptors (Lipinski definition) is 2. The fourth-order valence-electron chi connectivity index (χ4n) is 8.28. The molecule has 10 rings (SSSR count). The first kappa shape index (κ1) is 28.7. The van der Waals surface area contributed by atoms with Crippen LogP contribution in [0.5, 0.6) is 0 Å². The minimum atomic E-state index is -0.179. The van der Waals surface area contributed by atoms with Crippen LogP contribution in [0.2, 0.25) is 0 Å². The van der Waals surface area contributed by atoms with E-state index in [1.54, 1.807) is 0 Å². The molecule has 0 aliphatic heterocycles. The monoisotopic (exact) mass is 639 g/mol. The van der Waals surface area contributed by atoms with E-state index in [2.05, 4.69) is 182 Å². The Kier molecular flexibility index (Phi) is 6.22. The van der Waals surface area contributed by atoms with Gasteiger partial charge >= 0.3 is 0 Å². The lowest BCUT2D eigenvalue weighted by atomic mass is 9.80. The van der Waals surface area contributed by atoms with Gasteiger partial charge in [-0.3, -0.25) is 0 Å². The summed E-state index contributed by atoms with van der Waals surface area (Å²) in [5, 5.41) is 3.61. The van der Waals surface area contributed by atoms with Gasteiger partial charge in [-0.15, -0.1) is 0 Å². The molecule has 0 radical (unpaired) electrons. The summed E-state index contributed by atoms with van der Waals surface area (Å²) in [5.74, 6) is 0.730. The Labute approximate surface area is 291 Å². The van der Waals surface area contributed by atoms with Crippen LogP contribution in [0.3, 0.4) is 0 Å². The third-order valence-electron chi connectivity index (χ3n) is 10.6. The summed E-state index contributed by atoms with van der Waals surface area (Å²) in [6.45, 7) is 4.66. The second-order valence-corrected chi connectivity index (χ2v) is 13.8. The average molecular weight is 640 g/mol. The molecular formula is C47H33N3. The van der Waals surface area contributed by atoms with Gasteiger partial charge in [0.15, 0.2) is 5.82 Å².